The lowest BCUT2D eigenvalue weighted by Gasteiger charge is -2.14. The van der Waals surface area contributed by atoms with E-state index in [-0.39, 0.29) is 0 Å². The summed E-state index contributed by atoms with van der Waals surface area (Å²) in [5.74, 6) is 0. The first-order valence-electron chi connectivity index (χ1n) is 4.63. The van der Waals surface area contributed by atoms with Gasteiger partial charge < -0.3 is 10.4 Å². The molecule has 0 amide bonds. The maximum atomic E-state index is 9.80. The van der Waals surface area contributed by atoms with Gasteiger partial charge in [-0.05, 0) is 28.1 Å². The molecule has 0 radical (unpaired) electrons. The van der Waals surface area contributed by atoms with Crippen molar-refractivity contribution in [2.45, 2.75) is 26.0 Å². The number of pyridine rings is 1. The Kier molecular flexibility index (Phi) is 4.51. The van der Waals surface area contributed by atoms with Crippen molar-refractivity contribution >= 4 is 15.9 Å². The van der Waals surface area contributed by atoms with Gasteiger partial charge in [-0.15, -0.1) is 0 Å². The summed E-state index contributed by atoms with van der Waals surface area (Å²) in [6, 6.07) is 4.07. The predicted octanol–water partition coefficient (Wildman–Crippen LogP) is 1.88. The van der Waals surface area contributed by atoms with E-state index in [2.05, 4.69) is 26.2 Å². The number of nitrogens with one attached hydrogen (secondary N) is 1. The molecular formula is C10H15BrN2O. The fourth-order valence-corrected chi connectivity index (χ4v) is 1.61. The number of aliphatic hydroxyl groups is 1. The molecule has 0 fully saturated rings. The molecule has 0 aromatic carbocycles. The normalized spacial score (nSPS) is 13.2. The van der Waals surface area contributed by atoms with Crippen LogP contribution in [-0.2, 0) is 0 Å². The van der Waals surface area contributed by atoms with Crippen LogP contribution < -0.4 is 5.32 Å². The van der Waals surface area contributed by atoms with E-state index in [1.54, 1.807) is 6.20 Å². The highest BCUT2D eigenvalue weighted by Gasteiger charge is 2.11. The maximum Gasteiger partial charge on any atom is 0.109 e. The van der Waals surface area contributed by atoms with Crippen LogP contribution in [0.3, 0.4) is 0 Å². The van der Waals surface area contributed by atoms with Crippen LogP contribution in [0.1, 0.15) is 25.6 Å². The van der Waals surface area contributed by atoms with Crippen LogP contribution in [0.5, 0.6) is 0 Å². The number of rotatable bonds is 4. The smallest absolute Gasteiger partial charge is 0.109 e. The molecule has 0 aliphatic heterocycles. The zero-order chi connectivity index (χ0) is 10.6. The lowest BCUT2D eigenvalue weighted by atomic mass is 10.2. The largest absolute Gasteiger partial charge is 0.385 e. The molecule has 14 heavy (non-hydrogen) atoms. The first-order chi connectivity index (χ1) is 6.61. The van der Waals surface area contributed by atoms with Gasteiger partial charge in [0.2, 0.25) is 0 Å². The molecular weight excluding hydrogens is 244 g/mol. The van der Waals surface area contributed by atoms with E-state index >= 15 is 0 Å². The van der Waals surface area contributed by atoms with Gasteiger partial charge in [0, 0.05) is 23.3 Å². The second kappa shape index (κ2) is 5.44. The molecule has 78 valence electrons. The lowest BCUT2D eigenvalue weighted by Crippen LogP contribution is -2.28. The number of halogens is 1. The van der Waals surface area contributed by atoms with Gasteiger partial charge in [0.15, 0.2) is 0 Å². The van der Waals surface area contributed by atoms with Gasteiger partial charge in [-0.1, -0.05) is 13.8 Å². The first-order valence-corrected chi connectivity index (χ1v) is 5.42. The van der Waals surface area contributed by atoms with Gasteiger partial charge in [0.25, 0.3) is 0 Å². The number of aliphatic hydroxyl groups excluding tert-OH is 1. The number of nitrogens with zero attached hydrogens (tertiary/aromatic N) is 1. The highest BCUT2D eigenvalue weighted by Crippen LogP contribution is 2.19. The molecule has 1 rings (SSSR count). The van der Waals surface area contributed by atoms with Gasteiger partial charge in [0.05, 0.1) is 5.69 Å². The van der Waals surface area contributed by atoms with Crippen LogP contribution in [0, 0.1) is 0 Å². The zero-order valence-corrected chi connectivity index (χ0v) is 9.95. The summed E-state index contributed by atoms with van der Waals surface area (Å²) in [7, 11) is 0. The molecule has 0 aliphatic rings. The molecule has 1 aromatic heterocycles. The Balaban J connectivity index is 2.60. The summed E-state index contributed by atoms with van der Waals surface area (Å²) in [4.78, 5) is 4.12. The molecule has 0 saturated carbocycles. The second-order valence-corrected chi connectivity index (χ2v) is 4.30. The van der Waals surface area contributed by atoms with Gasteiger partial charge in [0.1, 0.15) is 6.10 Å². The Bertz CT molecular complexity index is 291. The topological polar surface area (TPSA) is 45.1 Å². The molecule has 0 bridgehead atoms. The second-order valence-electron chi connectivity index (χ2n) is 3.45. The van der Waals surface area contributed by atoms with E-state index < -0.39 is 6.10 Å². The van der Waals surface area contributed by atoms with Crippen molar-refractivity contribution in [3.63, 3.8) is 0 Å². The van der Waals surface area contributed by atoms with Gasteiger partial charge in [-0.3, -0.25) is 4.98 Å². The molecule has 0 spiro atoms. The molecule has 1 aromatic rings. The van der Waals surface area contributed by atoms with Crippen molar-refractivity contribution in [2.75, 3.05) is 6.54 Å². The van der Waals surface area contributed by atoms with Crippen molar-refractivity contribution < 1.29 is 5.11 Å². The van der Waals surface area contributed by atoms with Crippen molar-refractivity contribution in [2.24, 2.45) is 0 Å². The van der Waals surface area contributed by atoms with E-state index in [0.717, 1.165) is 4.47 Å². The summed E-state index contributed by atoms with van der Waals surface area (Å²) >= 11 is 3.35. The molecule has 0 unspecified atom stereocenters. The standard InChI is InChI=1S/C10H15BrN2O/c1-7(2)13-6-9(14)10-8(11)4-3-5-12-10/h3-5,7,9,13-14H,6H2,1-2H3/t9-/m0/s1. The van der Waals surface area contributed by atoms with Crippen LogP contribution in [0.15, 0.2) is 22.8 Å². The third kappa shape index (κ3) is 3.36. The third-order valence-electron chi connectivity index (χ3n) is 1.82. The van der Waals surface area contributed by atoms with Crippen molar-refractivity contribution in [1.82, 2.24) is 10.3 Å². The molecule has 4 heteroatoms. The van der Waals surface area contributed by atoms with Crippen LogP contribution in [0.4, 0.5) is 0 Å². The number of hydrogen-bond donors (Lipinski definition) is 2. The highest BCUT2D eigenvalue weighted by atomic mass is 79.9. The van der Waals surface area contributed by atoms with Crippen LogP contribution >= 0.6 is 15.9 Å². The van der Waals surface area contributed by atoms with Crippen molar-refractivity contribution in [3.8, 4) is 0 Å². The minimum Gasteiger partial charge on any atom is -0.385 e. The van der Waals surface area contributed by atoms with Gasteiger partial charge in [-0.25, -0.2) is 0 Å². The van der Waals surface area contributed by atoms with E-state index in [1.807, 2.05) is 26.0 Å². The summed E-state index contributed by atoms with van der Waals surface area (Å²) in [6.07, 6.45) is 1.12. The highest BCUT2D eigenvalue weighted by molar-refractivity contribution is 9.10. The fourth-order valence-electron chi connectivity index (χ4n) is 1.09. The fraction of sp³-hybridized carbons (Fsp3) is 0.500. The molecule has 0 saturated heterocycles. The third-order valence-corrected chi connectivity index (χ3v) is 2.49. The first kappa shape index (κ1) is 11.6. The molecule has 0 aliphatic carbocycles. The number of hydrogen-bond acceptors (Lipinski definition) is 3. The Morgan fingerprint density at radius 1 is 1.57 bits per heavy atom. The predicted molar refractivity (Wildman–Crippen MR) is 60.0 cm³/mol. The Labute approximate surface area is 92.7 Å². The van der Waals surface area contributed by atoms with E-state index in [9.17, 15) is 5.11 Å². The lowest BCUT2D eigenvalue weighted by molar-refractivity contribution is 0.166. The summed E-state index contributed by atoms with van der Waals surface area (Å²) < 4.78 is 0.845. The summed E-state index contributed by atoms with van der Waals surface area (Å²) in [5.41, 5.74) is 0.681. The van der Waals surface area contributed by atoms with Crippen LogP contribution in [-0.4, -0.2) is 22.7 Å². The maximum absolute atomic E-state index is 9.80. The average molecular weight is 259 g/mol. The Hall–Kier alpha value is -0.450. The van der Waals surface area contributed by atoms with Gasteiger partial charge >= 0.3 is 0 Å². The monoisotopic (exact) mass is 258 g/mol. The SMILES string of the molecule is CC(C)NC[C@H](O)c1ncccc1Br. The molecule has 1 heterocycles. The molecule has 1 atom stereocenters. The molecule has 3 nitrogen and oxygen atoms in total. The van der Waals surface area contributed by atoms with E-state index in [0.29, 0.717) is 18.3 Å². The minimum atomic E-state index is -0.562. The van der Waals surface area contributed by atoms with Crippen LogP contribution in [0.25, 0.3) is 0 Å². The van der Waals surface area contributed by atoms with E-state index in [1.165, 1.54) is 0 Å². The zero-order valence-electron chi connectivity index (χ0n) is 8.37. The number of aromatic nitrogens is 1. The van der Waals surface area contributed by atoms with Crippen molar-refractivity contribution in [1.29, 1.82) is 0 Å². The van der Waals surface area contributed by atoms with Gasteiger partial charge in [-0.2, -0.15) is 0 Å². The Morgan fingerprint density at radius 2 is 2.29 bits per heavy atom. The van der Waals surface area contributed by atoms with E-state index in [4.69, 9.17) is 0 Å². The van der Waals surface area contributed by atoms with Crippen molar-refractivity contribution in [3.05, 3.63) is 28.5 Å². The molecule has 2 N–H and O–H groups in total. The summed E-state index contributed by atoms with van der Waals surface area (Å²) in [5, 5.41) is 13.0. The Morgan fingerprint density at radius 3 is 2.86 bits per heavy atom. The summed E-state index contributed by atoms with van der Waals surface area (Å²) in [6.45, 7) is 4.60. The average Bonchev–Trinajstić information content (AvgIpc) is 2.15. The quantitative estimate of drug-likeness (QED) is 0.867. The van der Waals surface area contributed by atoms with Crippen LogP contribution in [0.2, 0.25) is 0 Å². The minimum absolute atomic E-state index is 0.368.